The van der Waals surface area contributed by atoms with Gasteiger partial charge in [0.1, 0.15) is 17.5 Å². The summed E-state index contributed by atoms with van der Waals surface area (Å²) >= 11 is 0. The molecule has 2 aliphatic heterocycles. The van der Waals surface area contributed by atoms with Gasteiger partial charge in [0.05, 0.1) is 0 Å². The lowest BCUT2D eigenvalue weighted by molar-refractivity contribution is 0.352. The number of benzene rings is 1. The summed E-state index contributed by atoms with van der Waals surface area (Å²) in [6, 6.07) is 12.2. The average molecular weight is 395 g/mol. The highest BCUT2D eigenvalue weighted by atomic mass is 19.1. The molecule has 1 unspecified atom stereocenters. The summed E-state index contributed by atoms with van der Waals surface area (Å²) in [4.78, 5) is 15.6. The fourth-order valence-corrected chi connectivity index (χ4v) is 3.56. The van der Waals surface area contributed by atoms with Gasteiger partial charge >= 0.3 is 0 Å². The first-order valence-corrected chi connectivity index (χ1v) is 9.67. The molecule has 1 atom stereocenters. The molecule has 1 aromatic heterocycles. The molecule has 3 N–H and O–H groups in total. The number of aliphatic imine (C=N–C) groups is 1. The van der Waals surface area contributed by atoms with Crippen LogP contribution < -0.4 is 16.0 Å². The van der Waals surface area contributed by atoms with Gasteiger partial charge in [-0.05, 0) is 24.3 Å². The number of rotatable bonds is 3. The van der Waals surface area contributed by atoms with Crippen molar-refractivity contribution < 1.29 is 4.39 Å². The molecular formula is C21H26FN7. The van der Waals surface area contributed by atoms with E-state index in [0.29, 0.717) is 11.5 Å². The maximum atomic E-state index is 13.8. The van der Waals surface area contributed by atoms with E-state index in [9.17, 15) is 4.39 Å². The Balaban J connectivity index is 1.58. The SMILES string of the molecule is CN(C)C1=CC(N)(c2cccc(F)c2)N=C(N2CCN(c3ccccn3)CC2)N1. The molecule has 3 heterocycles. The number of piperazine rings is 1. The molecule has 4 rings (SSSR count). The van der Waals surface area contributed by atoms with Gasteiger partial charge in [0.2, 0.25) is 5.96 Å². The van der Waals surface area contributed by atoms with Crippen molar-refractivity contribution in [2.24, 2.45) is 10.7 Å². The molecule has 1 fully saturated rings. The van der Waals surface area contributed by atoms with Crippen LogP contribution in [0.2, 0.25) is 0 Å². The van der Waals surface area contributed by atoms with E-state index in [0.717, 1.165) is 37.8 Å². The Morgan fingerprint density at radius 3 is 2.48 bits per heavy atom. The predicted molar refractivity (Wildman–Crippen MR) is 113 cm³/mol. The molecule has 0 aliphatic carbocycles. The Hall–Kier alpha value is -3.13. The third kappa shape index (κ3) is 4.02. The molecule has 0 saturated carbocycles. The molecule has 152 valence electrons. The first kappa shape index (κ1) is 19.2. The zero-order valence-electron chi connectivity index (χ0n) is 16.7. The first-order valence-electron chi connectivity index (χ1n) is 9.67. The molecule has 7 nitrogen and oxygen atoms in total. The highest BCUT2D eigenvalue weighted by Crippen LogP contribution is 2.27. The highest BCUT2D eigenvalue weighted by molar-refractivity contribution is 5.83. The number of halogens is 1. The van der Waals surface area contributed by atoms with Crippen LogP contribution in [0, 0.1) is 5.82 Å². The summed E-state index contributed by atoms with van der Waals surface area (Å²) in [7, 11) is 3.87. The second kappa shape index (κ2) is 7.71. The third-order valence-electron chi connectivity index (χ3n) is 5.21. The minimum absolute atomic E-state index is 0.327. The summed E-state index contributed by atoms with van der Waals surface area (Å²) in [5.41, 5.74) is 6.12. The van der Waals surface area contributed by atoms with Gasteiger partial charge in [-0.1, -0.05) is 18.2 Å². The number of anilines is 1. The smallest absolute Gasteiger partial charge is 0.202 e. The van der Waals surface area contributed by atoms with Gasteiger partial charge in [0, 0.05) is 58.1 Å². The lowest BCUT2D eigenvalue weighted by Crippen LogP contribution is -2.56. The van der Waals surface area contributed by atoms with Crippen LogP contribution >= 0.6 is 0 Å². The van der Waals surface area contributed by atoms with Gasteiger partial charge < -0.3 is 20.0 Å². The Morgan fingerprint density at radius 2 is 1.83 bits per heavy atom. The zero-order chi connectivity index (χ0) is 20.4. The van der Waals surface area contributed by atoms with Gasteiger partial charge in [0.15, 0.2) is 5.66 Å². The number of nitrogens with one attached hydrogen (secondary N) is 1. The van der Waals surface area contributed by atoms with E-state index in [4.69, 9.17) is 10.7 Å². The van der Waals surface area contributed by atoms with Crippen molar-refractivity contribution in [1.82, 2.24) is 20.1 Å². The lowest BCUT2D eigenvalue weighted by atomic mass is 9.99. The quantitative estimate of drug-likeness (QED) is 0.821. The molecule has 0 amide bonds. The van der Waals surface area contributed by atoms with E-state index in [-0.39, 0.29) is 5.82 Å². The predicted octanol–water partition coefficient (Wildman–Crippen LogP) is 1.52. The fourth-order valence-electron chi connectivity index (χ4n) is 3.56. The summed E-state index contributed by atoms with van der Waals surface area (Å²) in [5, 5.41) is 3.37. The van der Waals surface area contributed by atoms with Crippen LogP contribution in [0.3, 0.4) is 0 Å². The van der Waals surface area contributed by atoms with Crippen molar-refractivity contribution in [2.45, 2.75) is 5.66 Å². The number of guanidine groups is 1. The maximum Gasteiger partial charge on any atom is 0.202 e. The van der Waals surface area contributed by atoms with Gasteiger partial charge in [0.25, 0.3) is 0 Å². The number of aromatic nitrogens is 1. The minimum atomic E-state index is -1.14. The largest absolute Gasteiger partial charge is 0.364 e. The van der Waals surface area contributed by atoms with Crippen molar-refractivity contribution in [3.05, 3.63) is 71.9 Å². The molecule has 1 aromatic carbocycles. The minimum Gasteiger partial charge on any atom is -0.364 e. The summed E-state index contributed by atoms with van der Waals surface area (Å²) in [6.07, 6.45) is 3.64. The van der Waals surface area contributed by atoms with E-state index in [1.165, 1.54) is 12.1 Å². The number of hydrogen-bond donors (Lipinski definition) is 2. The van der Waals surface area contributed by atoms with Crippen LogP contribution in [0.15, 0.2) is 65.6 Å². The molecule has 29 heavy (non-hydrogen) atoms. The van der Waals surface area contributed by atoms with E-state index in [2.05, 4.69) is 20.1 Å². The summed E-state index contributed by atoms with van der Waals surface area (Å²) in [6.45, 7) is 3.22. The monoisotopic (exact) mass is 395 g/mol. The molecule has 2 aromatic rings. The van der Waals surface area contributed by atoms with Crippen molar-refractivity contribution in [2.75, 3.05) is 45.2 Å². The third-order valence-corrected chi connectivity index (χ3v) is 5.21. The molecule has 0 spiro atoms. The first-order chi connectivity index (χ1) is 13.9. The average Bonchev–Trinajstić information content (AvgIpc) is 2.74. The number of nitrogens with zero attached hydrogens (tertiary/aromatic N) is 5. The maximum absolute atomic E-state index is 13.8. The van der Waals surface area contributed by atoms with Crippen molar-refractivity contribution >= 4 is 11.8 Å². The molecule has 8 heteroatoms. The summed E-state index contributed by atoms with van der Waals surface area (Å²) < 4.78 is 13.8. The highest BCUT2D eigenvalue weighted by Gasteiger charge is 2.33. The molecule has 2 aliphatic rings. The van der Waals surface area contributed by atoms with Crippen LogP contribution in [0.1, 0.15) is 5.56 Å². The Bertz CT molecular complexity index is 920. The van der Waals surface area contributed by atoms with Gasteiger partial charge in [-0.15, -0.1) is 0 Å². The van der Waals surface area contributed by atoms with Crippen LogP contribution in [0.25, 0.3) is 0 Å². The zero-order valence-corrected chi connectivity index (χ0v) is 16.7. The van der Waals surface area contributed by atoms with Crippen molar-refractivity contribution in [1.29, 1.82) is 0 Å². The summed E-state index contributed by atoms with van der Waals surface area (Å²) in [5.74, 6) is 2.18. The van der Waals surface area contributed by atoms with Gasteiger partial charge in [-0.25, -0.2) is 14.4 Å². The second-order valence-corrected chi connectivity index (χ2v) is 7.48. The van der Waals surface area contributed by atoms with Gasteiger partial charge in [-0.2, -0.15) is 0 Å². The second-order valence-electron chi connectivity index (χ2n) is 7.48. The lowest BCUT2D eigenvalue weighted by Gasteiger charge is -2.40. The van der Waals surface area contributed by atoms with Crippen LogP contribution in [0.5, 0.6) is 0 Å². The van der Waals surface area contributed by atoms with Crippen LogP contribution in [-0.2, 0) is 5.66 Å². The number of nitrogens with two attached hydrogens (primary N) is 1. The standard InChI is InChI=1S/C21H26FN7/c1-27(2)19-15-21(23,16-6-5-7-17(22)14-16)26-20(25-19)29-12-10-28(11-13-29)18-8-3-4-9-24-18/h3-9,14-15H,10-13,23H2,1-2H3,(H,25,26). The van der Waals surface area contributed by atoms with E-state index in [1.54, 1.807) is 12.1 Å². The molecule has 0 radical (unpaired) electrons. The van der Waals surface area contributed by atoms with Crippen molar-refractivity contribution in [3.8, 4) is 0 Å². The Morgan fingerprint density at radius 1 is 1.07 bits per heavy atom. The number of hydrogen-bond acceptors (Lipinski definition) is 7. The van der Waals surface area contributed by atoms with E-state index in [1.807, 2.05) is 49.5 Å². The number of pyridine rings is 1. The van der Waals surface area contributed by atoms with Crippen LogP contribution in [-0.4, -0.2) is 61.0 Å². The van der Waals surface area contributed by atoms with Crippen LogP contribution in [0.4, 0.5) is 10.2 Å². The normalized spacial score (nSPS) is 21.9. The fraction of sp³-hybridized carbons (Fsp3) is 0.333. The van der Waals surface area contributed by atoms with Gasteiger partial charge in [-0.3, -0.25) is 5.73 Å². The van der Waals surface area contributed by atoms with E-state index < -0.39 is 5.66 Å². The molecular weight excluding hydrogens is 369 g/mol. The van der Waals surface area contributed by atoms with E-state index >= 15 is 0 Å². The topological polar surface area (TPSA) is 73.0 Å². The Labute approximate surface area is 170 Å². The van der Waals surface area contributed by atoms with Crippen molar-refractivity contribution in [3.63, 3.8) is 0 Å². The Kier molecular flexibility index (Phi) is 5.10. The molecule has 1 saturated heterocycles. The molecule has 0 bridgehead atoms.